The number of nitrogens with one attached hydrogen (secondary N) is 1. The summed E-state index contributed by atoms with van der Waals surface area (Å²) in [6, 6.07) is 10.3. The number of carbonyl (C=O) groups is 2. The summed E-state index contributed by atoms with van der Waals surface area (Å²) in [5.41, 5.74) is 1.07. The second-order valence-electron chi connectivity index (χ2n) is 7.46. The van der Waals surface area contributed by atoms with Crippen LogP contribution in [0.1, 0.15) is 16.8 Å². The second-order valence-corrected chi connectivity index (χ2v) is 8.30. The fourth-order valence-electron chi connectivity index (χ4n) is 3.69. The second kappa shape index (κ2) is 9.77. The highest BCUT2D eigenvalue weighted by Gasteiger charge is 2.22. The van der Waals surface area contributed by atoms with Crippen molar-refractivity contribution in [3.05, 3.63) is 52.0 Å². The molecule has 7 nitrogen and oxygen atoms in total. The molecule has 0 aliphatic carbocycles. The average Bonchev–Trinajstić information content (AvgIpc) is 2.99. The zero-order chi connectivity index (χ0) is 21.8. The molecule has 1 fully saturated rings. The van der Waals surface area contributed by atoms with Crippen LogP contribution in [-0.4, -0.2) is 67.6 Å². The first-order valence-corrected chi connectivity index (χ1v) is 10.9. The Bertz CT molecular complexity index is 985. The van der Waals surface area contributed by atoms with Crippen molar-refractivity contribution in [2.75, 3.05) is 51.3 Å². The molecule has 0 radical (unpaired) electrons. The molecule has 2 aromatic rings. The molecule has 0 spiro atoms. The van der Waals surface area contributed by atoms with Gasteiger partial charge in [0.05, 0.1) is 17.3 Å². The quantitative estimate of drug-likeness (QED) is 0.750. The lowest BCUT2D eigenvalue weighted by Gasteiger charge is -2.22. The van der Waals surface area contributed by atoms with E-state index in [1.165, 1.54) is 0 Å². The number of halogens is 2. The van der Waals surface area contributed by atoms with Crippen molar-refractivity contribution in [1.82, 2.24) is 9.80 Å². The fourth-order valence-corrected chi connectivity index (χ4v) is 4.08. The van der Waals surface area contributed by atoms with E-state index in [1.54, 1.807) is 41.3 Å². The highest BCUT2D eigenvalue weighted by atomic mass is 35.5. The van der Waals surface area contributed by atoms with Gasteiger partial charge in [-0.1, -0.05) is 29.3 Å². The standard InChI is InChI=1S/C22H23Cl2N3O4/c23-16-4-1-3-15(11-16)22(29)27-6-2-5-26(7-8-27)14-21(28)25-18-13-20-19(12-17(18)24)30-9-10-31-20/h1,3-4,11-13H,2,5-10,14H2,(H,25,28). The topological polar surface area (TPSA) is 71.1 Å². The van der Waals surface area contributed by atoms with E-state index in [-0.39, 0.29) is 18.4 Å². The maximum atomic E-state index is 12.8. The molecule has 2 aliphatic rings. The number of nitrogens with zero attached hydrogens (tertiary/aromatic N) is 2. The van der Waals surface area contributed by atoms with Crippen molar-refractivity contribution >= 4 is 40.7 Å². The summed E-state index contributed by atoms with van der Waals surface area (Å²) >= 11 is 12.3. The van der Waals surface area contributed by atoms with E-state index < -0.39 is 0 Å². The van der Waals surface area contributed by atoms with E-state index in [0.29, 0.717) is 65.6 Å². The number of amides is 2. The third-order valence-corrected chi connectivity index (χ3v) is 5.77. The minimum absolute atomic E-state index is 0.0446. The summed E-state index contributed by atoms with van der Waals surface area (Å²) in [5.74, 6) is 0.923. The number of benzene rings is 2. The van der Waals surface area contributed by atoms with Crippen LogP contribution >= 0.6 is 23.2 Å². The summed E-state index contributed by atoms with van der Waals surface area (Å²) in [4.78, 5) is 29.2. The summed E-state index contributed by atoms with van der Waals surface area (Å²) in [6.45, 7) is 3.65. The van der Waals surface area contributed by atoms with E-state index in [4.69, 9.17) is 32.7 Å². The molecule has 31 heavy (non-hydrogen) atoms. The molecule has 0 atom stereocenters. The van der Waals surface area contributed by atoms with Crippen molar-refractivity contribution < 1.29 is 19.1 Å². The summed E-state index contributed by atoms with van der Waals surface area (Å²) in [6.07, 6.45) is 0.782. The maximum absolute atomic E-state index is 12.8. The zero-order valence-corrected chi connectivity index (χ0v) is 18.4. The summed E-state index contributed by atoms with van der Waals surface area (Å²) in [7, 11) is 0. The first-order valence-electron chi connectivity index (χ1n) is 10.2. The average molecular weight is 464 g/mol. The van der Waals surface area contributed by atoms with Crippen molar-refractivity contribution in [3.63, 3.8) is 0 Å². The van der Waals surface area contributed by atoms with Crippen molar-refractivity contribution in [1.29, 1.82) is 0 Å². The molecule has 2 aliphatic heterocycles. The van der Waals surface area contributed by atoms with Crippen LogP contribution in [0.15, 0.2) is 36.4 Å². The van der Waals surface area contributed by atoms with Crippen molar-refractivity contribution in [2.24, 2.45) is 0 Å². The predicted octanol–water partition coefficient (Wildman–Crippen LogP) is 3.55. The molecule has 1 N–H and O–H groups in total. The molecule has 0 saturated carbocycles. The number of carbonyl (C=O) groups excluding carboxylic acids is 2. The normalized spacial score (nSPS) is 16.5. The third kappa shape index (κ3) is 5.42. The molecule has 2 heterocycles. The number of anilines is 1. The minimum Gasteiger partial charge on any atom is -0.486 e. The molecule has 1 saturated heterocycles. The van der Waals surface area contributed by atoms with Crippen LogP contribution in [-0.2, 0) is 4.79 Å². The van der Waals surface area contributed by atoms with Gasteiger partial charge in [-0.15, -0.1) is 0 Å². The molecule has 4 rings (SSSR count). The SMILES string of the molecule is O=C(CN1CCCN(C(=O)c2cccc(Cl)c2)CC1)Nc1cc2c(cc1Cl)OCCO2. The summed E-state index contributed by atoms with van der Waals surface area (Å²) < 4.78 is 11.1. The summed E-state index contributed by atoms with van der Waals surface area (Å²) in [5, 5.41) is 3.78. The van der Waals surface area contributed by atoms with Gasteiger partial charge in [-0.05, 0) is 24.6 Å². The Morgan fingerprint density at radius 3 is 2.52 bits per heavy atom. The molecule has 2 aromatic carbocycles. The van der Waals surface area contributed by atoms with Gasteiger partial charge in [-0.3, -0.25) is 14.5 Å². The number of fused-ring (bicyclic) bond motifs is 1. The lowest BCUT2D eigenvalue weighted by molar-refractivity contribution is -0.117. The predicted molar refractivity (Wildman–Crippen MR) is 119 cm³/mol. The van der Waals surface area contributed by atoms with Gasteiger partial charge in [0.15, 0.2) is 11.5 Å². The molecular formula is C22H23Cl2N3O4. The molecule has 0 bridgehead atoms. The van der Waals surface area contributed by atoms with Crippen molar-refractivity contribution in [2.45, 2.75) is 6.42 Å². The Balaban J connectivity index is 1.33. The number of ether oxygens (including phenoxy) is 2. The highest BCUT2D eigenvalue weighted by Crippen LogP contribution is 2.37. The first-order chi connectivity index (χ1) is 15.0. The van der Waals surface area contributed by atoms with Gasteiger partial charge in [0, 0.05) is 48.9 Å². The number of rotatable bonds is 4. The molecule has 2 amide bonds. The Morgan fingerprint density at radius 2 is 1.74 bits per heavy atom. The van der Waals surface area contributed by atoms with Gasteiger partial charge in [-0.2, -0.15) is 0 Å². The first kappa shape index (κ1) is 21.7. The third-order valence-electron chi connectivity index (χ3n) is 5.22. The number of hydrogen-bond acceptors (Lipinski definition) is 5. The van der Waals surface area contributed by atoms with Gasteiger partial charge in [-0.25, -0.2) is 0 Å². The molecule has 164 valence electrons. The van der Waals surface area contributed by atoms with Gasteiger partial charge in [0.2, 0.25) is 5.91 Å². The van der Waals surface area contributed by atoms with Gasteiger partial charge >= 0.3 is 0 Å². The van der Waals surface area contributed by atoms with E-state index in [1.807, 2.05) is 4.90 Å². The van der Waals surface area contributed by atoms with Crippen LogP contribution < -0.4 is 14.8 Å². The monoisotopic (exact) mass is 463 g/mol. The van der Waals surface area contributed by atoms with E-state index in [0.717, 1.165) is 13.0 Å². The number of hydrogen-bond donors (Lipinski definition) is 1. The smallest absolute Gasteiger partial charge is 0.253 e. The lowest BCUT2D eigenvalue weighted by Crippen LogP contribution is -2.38. The van der Waals surface area contributed by atoms with Gasteiger partial charge in [0.1, 0.15) is 13.2 Å². The van der Waals surface area contributed by atoms with Crippen LogP contribution in [0.4, 0.5) is 5.69 Å². The van der Waals surface area contributed by atoms with Crippen LogP contribution in [0.2, 0.25) is 10.0 Å². The maximum Gasteiger partial charge on any atom is 0.253 e. The van der Waals surface area contributed by atoms with Crippen molar-refractivity contribution in [3.8, 4) is 11.5 Å². The van der Waals surface area contributed by atoms with E-state index in [2.05, 4.69) is 5.32 Å². The highest BCUT2D eigenvalue weighted by molar-refractivity contribution is 6.34. The Hall–Kier alpha value is -2.48. The van der Waals surface area contributed by atoms with Crippen LogP contribution in [0.25, 0.3) is 0 Å². The van der Waals surface area contributed by atoms with E-state index in [9.17, 15) is 9.59 Å². The zero-order valence-electron chi connectivity index (χ0n) is 16.9. The Kier molecular flexibility index (Phi) is 6.85. The van der Waals surface area contributed by atoms with Crippen LogP contribution in [0.3, 0.4) is 0 Å². The molecule has 9 heteroatoms. The van der Waals surface area contributed by atoms with Gasteiger partial charge in [0.25, 0.3) is 5.91 Å². The van der Waals surface area contributed by atoms with Crippen LogP contribution in [0, 0.1) is 0 Å². The Labute approximate surface area is 190 Å². The molecule has 0 aromatic heterocycles. The Morgan fingerprint density at radius 1 is 0.968 bits per heavy atom. The lowest BCUT2D eigenvalue weighted by atomic mass is 10.2. The van der Waals surface area contributed by atoms with Gasteiger partial charge < -0.3 is 19.7 Å². The molecule has 0 unspecified atom stereocenters. The van der Waals surface area contributed by atoms with E-state index >= 15 is 0 Å². The largest absolute Gasteiger partial charge is 0.486 e. The molecular weight excluding hydrogens is 441 g/mol. The minimum atomic E-state index is -0.173. The fraction of sp³-hybridized carbons (Fsp3) is 0.364. The van der Waals surface area contributed by atoms with Crippen LogP contribution in [0.5, 0.6) is 11.5 Å².